The maximum Gasteiger partial charge on any atom is 0.229 e. The number of anilines is 2. The standard InChI is InChI=1S/C29H36N4O6/c1-3-38-24-10-6-22(7-11-24)30-28(36)20-16-26(34)32(18-20)14-5-15-33-19-21(17-27(33)35)29(37)31-23-8-12-25(13-9-23)39-4-2/h6-13,20-21H,3-5,14-19H2,1-2H3,(H,30,36)(H,31,37)/t20-,21-/m0/s1. The van der Waals surface area contributed by atoms with Crippen molar-refractivity contribution in [3.8, 4) is 11.5 Å². The summed E-state index contributed by atoms with van der Waals surface area (Å²) in [6.07, 6.45) is 0.913. The van der Waals surface area contributed by atoms with Gasteiger partial charge >= 0.3 is 0 Å². The van der Waals surface area contributed by atoms with Crippen molar-refractivity contribution in [2.75, 3.05) is 50.0 Å². The summed E-state index contributed by atoms with van der Waals surface area (Å²) < 4.78 is 10.8. The molecule has 10 heteroatoms. The normalized spacial score (nSPS) is 18.8. The van der Waals surface area contributed by atoms with E-state index in [4.69, 9.17) is 9.47 Å². The molecule has 2 heterocycles. The fourth-order valence-electron chi connectivity index (χ4n) is 4.87. The van der Waals surface area contributed by atoms with E-state index in [0.717, 1.165) is 11.5 Å². The highest BCUT2D eigenvalue weighted by atomic mass is 16.5. The number of carbonyl (C=O) groups is 4. The van der Waals surface area contributed by atoms with Crippen molar-refractivity contribution < 1.29 is 28.7 Å². The van der Waals surface area contributed by atoms with Crippen LogP contribution in [0.15, 0.2) is 48.5 Å². The van der Waals surface area contributed by atoms with E-state index in [1.54, 1.807) is 58.3 Å². The van der Waals surface area contributed by atoms with Crippen LogP contribution in [0.2, 0.25) is 0 Å². The lowest BCUT2D eigenvalue weighted by molar-refractivity contribution is -0.129. The number of rotatable bonds is 12. The Bertz CT molecular complexity index is 1080. The molecule has 10 nitrogen and oxygen atoms in total. The van der Waals surface area contributed by atoms with Crippen molar-refractivity contribution >= 4 is 35.0 Å². The van der Waals surface area contributed by atoms with E-state index in [2.05, 4.69) is 10.6 Å². The van der Waals surface area contributed by atoms with Gasteiger partial charge in [0.25, 0.3) is 0 Å². The summed E-state index contributed by atoms with van der Waals surface area (Å²) in [6.45, 7) is 6.56. The van der Waals surface area contributed by atoms with Crippen molar-refractivity contribution in [1.29, 1.82) is 0 Å². The topological polar surface area (TPSA) is 117 Å². The number of benzene rings is 2. The molecule has 2 aliphatic rings. The Morgan fingerprint density at radius 1 is 0.718 bits per heavy atom. The van der Waals surface area contributed by atoms with Crippen LogP contribution in [0.1, 0.15) is 33.1 Å². The molecule has 39 heavy (non-hydrogen) atoms. The van der Waals surface area contributed by atoms with E-state index < -0.39 is 11.8 Å². The Morgan fingerprint density at radius 3 is 1.46 bits per heavy atom. The maximum atomic E-state index is 12.7. The molecule has 2 aromatic rings. The zero-order valence-electron chi connectivity index (χ0n) is 22.5. The van der Waals surface area contributed by atoms with Gasteiger partial charge in [0, 0.05) is 50.4 Å². The molecule has 208 valence electrons. The Morgan fingerprint density at radius 2 is 1.10 bits per heavy atom. The fourth-order valence-corrected chi connectivity index (χ4v) is 4.87. The smallest absolute Gasteiger partial charge is 0.229 e. The lowest BCUT2D eigenvalue weighted by atomic mass is 10.1. The van der Waals surface area contributed by atoms with E-state index in [-0.39, 0.29) is 36.5 Å². The average molecular weight is 537 g/mol. The predicted molar refractivity (Wildman–Crippen MR) is 146 cm³/mol. The molecule has 2 fully saturated rings. The van der Waals surface area contributed by atoms with E-state index in [1.165, 1.54) is 0 Å². The number of nitrogens with one attached hydrogen (secondary N) is 2. The van der Waals surface area contributed by atoms with E-state index >= 15 is 0 Å². The van der Waals surface area contributed by atoms with Crippen molar-refractivity contribution in [2.24, 2.45) is 11.8 Å². The van der Waals surface area contributed by atoms with Crippen LogP contribution in [-0.4, -0.2) is 72.8 Å². The Kier molecular flexibility index (Phi) is 9.40. The monoisotopic (exact) mass is 536 g/mol. The second kappa shape index (κ2) is 13.1. The van der Waals surface area contributed by atoms with Gasteiger partial charge in [-0.3, -0.25) is 19.2 Å². The van der Waals surface area contributed by atoms with Gasteiger partial charge in [0.1, 0.15) is 11.5 Å². The highest BCUT2D eigenvalue weighted by Gasteiger charge is 2.36. The third-order valence-corrected chi connectivity index (χ3v) is 6.89. The summed E-state index contributed by atoms with van der Waals surface area (Å²) in [7, 11) is 0. The van der Waals surface area contributed by atoms with Crippen LogP contribution < -0.4 is 20.1 Å². The molecule has 0 aliphatic carbocycles. The van der Waals surface area contributed by atoms with Crippen LogP contribution >= 0.6 is 0 Å². The minimum absolute atomic E-state index is 0.0674. The molecule has 2 atom stereocenters. The molecule has 2 saturated heterocycles. The first kappa shape index (κ1) is 27.9. The summed E-state index contributed by atoms with van der Waals surface area (Å²) in [4.78, 5) is 53.8. The van der Waals surface area contributed by atoms with Crippen molar-refractivity contribution in [3.63, 3.8) is 0 Å². The second-order valence-electron chi connectivity index (χ2n) is 9.73. The summed E-state index contributed by atoms with van der Waals surface area (Å²) in [5.74, 6) is 0.102. The molecule has 4 amide bonds. The van der Waals surface area contributed by atoms with Crippen LogP contribution in [0.25, 0.3) is 0 Å². The highest BCUT2D eigenvalue weighted by molar-refractivity contribution is 5.98. The number of carbonyl (C=O) groups excluding carboxylic acids is 4. The third-order valence-electron chi connectivity index (χ3n) is 6.89. The molecule has 2 N–H and O–H groups in total. The quantitative estimate of drug-likeness (QED) is 0.431. The predicted octanol–water partition coefficient (Wildman–Crippen LogP) is 3.15. The zero-order chi connectivity index (χ0) is 27.8. The lowest BCUT2D eigenvalue weighted by Gasteiger charge is -2.20. The minimum atomic E-state index is -0.423. The van der Waals surface area contributed by atoms with E-state index in [9.17, 15) is 19.2 Å². The molecule has 0 spiro atoms. The summed E-state index contributed by atoms with van der Waals surface area (Å²) in [5.41, 5.74) is 1.31. The molecule has 2 aromatic carbocycles. The van der Waals surface area contributed by atoms with Gasteiger partial charge in [-0.25, -0.2) is 0 Å². The first-order valence-electron chi connectivity index (χ1n) is 13.5. The first-order valence-corrected chi connectivity index (χ1v) is 13.5. The molecule has 4 rings (SSSR count). The van der Waals surface area contributed by atoms with Gasteiger partial charge in [-0.15, -0.1) is 0 Å². The number of likely N-dealkylation sites (tertiary alicyclic amines) is 2. The van der Waals surface area contributed by atoms with Crippen LogP contribution in [-0.2, 0) is 19.2 Å². The Balaban J connectivity index is 1.19. The molecule has 2 aliphatic heterocycles. The van der Waals surface area contributed by atoms with Crippen molar-refractivity contribution in [2.45, 2.75) is 33.1 Å². The van der Waals surface area contributed by atoms with Gasteiger partial charge in [-0.2, -0.15) is 0 Å². The van der Waals surface area contributed by atoms with E-state index in [0.29, 0.717) is 57.2 Å². The van der Waals surface area contributed by atoms with Crippen LogP contribution in [0.4, 0.5) is 11.4 Å². The van der Waals surface area contributed by atoms with Crippen LogP contribution in [0, 0.1) is 11.8 Å². The van der Waals surface area contributed by atoms with Gasteiger partial charge < -0.3 is 29.9 Å². The van der Waals surface area contributed by atoms with Crippen LogP contribution in [0.5, 0.6) is 11.5 Å². The third kappa shape index (κ3) is 7.49. The molecule has 0 unspecified atom stereocenters. The lowest BCUT2D eigenvalue weighted by Crippen LogP contribution is -2.33. The average Bonchev–Trinajstić information content (AvgIpc) is 3.49. The van der Waals surface area contributed by atoms with Gasteiger partial charge in [0.15, 0.2) is 0 Å². The van der Waals surface area contributed by atoms with E-state index in [1.807, 2.05) is 13.8 Å². The Labute approximate surface area is 228 Å². The van der Waals surface area contributed by atoms with Gasteiger partial charge in [-0.05, 0) is 68.8 Å². The SMILES string of the molecule is CCOc1ccc(NC(=O)[C@H]2CC(=O)N(CCCN3C[C@@H](C(=O)Nc4ccc(OCC)cc4)CC3=O)C2)cc1. The minimum Gasteiger partial charge on any atom is -0.494 e. The van der Waals surface area contributed by atoms with Crippen molar-refractivity contribution in [1.82, 2.24) is 9.80 Å². The summed E-state index contributed by atoms with van der Waals surface area (Å²) >= 11 is 0. The number of hydrogen-bond acceptors (Lipinski definition) is 6. The molecule has 0 saturated carbocycles. The second-order valence-corrected chi connectivity index (χ2v) is 9.73. The largest absolute Gasteiger partial charge is 0.494 e. The maximum absolute atomic E-state index is 12.7. The number of ether oxygens (including phenoxy) is 2. The molecular formula is C29H36N4O6. The molecule has 0 bridgehead atoms. The number of nitrogens with zero attached hydrogens (tertiary/aromatic N) is 2. The Hall–Kier alpha value is -4.08. The first-order chi connectivity index (χ1) is 18.9. The zero-order valence-corrected chi connectivity index (χ0v) is 22.5. The summed E-state index contributed by atoms with van der Waals surface area (Å²) in [6, 6.07) is 14.3. The van der Waals surface area contributed by atoms with Crippen LogP contribution in [0.3, 0.4) is 0 Å². The fraction of sp³-hybridized carbons (Fsp3) is 0.448. The van der Waals surface area contributed by atoms with Gasteiger partial charge in [0.05, 0.1) is 25.0 Å². The van der Waals surface area contributed by atoms with Gasteiger partial charge in [0.2, 0.25) is 23.6 Å². The summed E-state index contributed by atoms with van der Waals surface area (Å²) in [5, 5.41) is 5.74. The molecule has 0 radical (unpaired) electrons. The molecular weight excluding hydrogens is 500 g/mol. The number of hydrogen-bond donors (Lipinski definition) is 2. The van der Waals surface area contributed by atoms with Gasteiger partial charge in [-0.1, -0.05) is 0 Å². The van der Waals surface area contributed by atoms with Crippen molar-refractivity contribution in [3.05, 3.63) is 48.5 Å². The highest BCUT2D eigenvalue weighted by Crippen LogP contribution is 2.24. The number of amides is 4. The molecule has 0 aromatic heterocycles.